The van der Waals surface area contributed by atoms with Gasteiger partial charge in [0.25, 0.3) is 0 Å². The molecule has 6 aliphatic rings. The van der Waals surface area contributed by atoms with Gasteiger partial charge in [0, 0.05) is 25.2 Å². The van der Waals surface area contributed by atoms with E-state index in [0.29, 0.717) is 29.3 Å². The van der Waals surface area contributed by atoms with E-state index in [2.05, 4.69) is 23.6 Å². The Morgan fingerprint density at radius 2 is 1.50 bits per heavy atom. The molecule has 6 rings (SSSR count). The third kappa shape index (κ3) is 3.28. The average molecular weight is 447 g/mol. The van der Waals surface area contributed by atoms with Crippen molar-refractivity contribution in [2.75, 3.05) is 39.4 Å². The minimum Gasteiger partial charge on any atom is -0.391 e. The van der Waals surface area contributed by atoms with Crippen LogP contribution in [0.2, 0.25) is 0 Å². The van der Waals surface area contributed by atoms with Crippen LogP contribution in [0.1, 0.15) is 71.6 Å². The fraction of sp³-hybridized carbons (Fsp3) is 1.00. The summed E-state index contributed by atoms with van der Waals surface area (Å²) in [5, 5.41) is 22.7. The van der Waals surface area contributed by atoms with E-state index in [0.717, 1.165) is 51.0 Å². The van der Waals surface area contributed by atoms with Crippen molar-refractivity contribution in [3.05, 3.63) is 0 Å². The van der Waals surface area contributed by atoms with Gasteiger partial charge >= 0.3 is 0 Å². The summed E-state index contributed by atoms with van der Waals surface area (Å²) in [6, 6.07) is 0.699. The van der Waals surface area contributed by atoms with Gasteiger partial charge in [-0.3, -0.25) is 9.80 Å². The van der Waals surface area contributed by atoms with E-state index in [1.165, 1.54) is 58.0 Å². The van der Waals surface area contributed by atoms with Gasteiger partial charge in [-0.05, 0) is 105 Å². The lowest BCUT2D eigenvalue weighted by Crippen LogP contribution is -2.61. The van der Waals surface area contributed by atoms with Crippen LogP contribution in [-0.2, 0) is 4.74 Å². The number of aliphatic hydroxyl groups excluding tert-OH is 2. The van der Waals surface area contributed by atoms with Gasteiger partial charge in [0.1, 0.15) is 0 Å². The quantitative estimate of drug-likeness (QED) is 0.683. The molecule has 0 spiro atoms. The lowest BCUT2D eigenvalue weighted by molar-refractivity contribution is -0.158. The van der Waals surface area contributed by atoms with Gasteiger partial charge < -0.3 is 14.9 Å². The first kappa shape index (κ1) is 22.3. The van der Waals surface area contributed by atoms with Crippen molar-refractivity contribution in [1.82, 2.24) is 9.80 Å². The van der Waals surface area contributed by atoms with Crippen LogP contribution in [0, 0.1) is 34.5 Å². The summed E-state index contributed by atoms with van der Waals surface area (Å²) in [6.45, 7) is 11.0. The first-order chi connectivity index (χ1) is 15.4. The number of ether oxygens (including phenoxy) is 1. The number of morpholine rings is 1. The summed E-state index contributed by atoms with van der Waals surface area (Å²) in [6.07, 6.45) is 10.7. The molecule has 4 saturated carbocycles. The predicted molar refractivity (Wildman–Crippen MR) is 125 cm³/mol. The minimum atomic E-state index is -0.176. The van der Waals surface area contributed by atoms with E-state index in [9.17, 15) is 10.2 Å². The molecule has 0 unspecified atom stereocenters. The molecule has 32 heavy (non-hydrogen) atoms. The summed E-state index contributed by atoms with van der Waals surface area (Å²) in [5.74, 6) is 2.87. The van der Waals surface area contributed by atoms with Gasteiger partial charge in [0.05, 0.1) is 25.4 Å². The second-order valence-corrected chi connectivity index (χ2v) is 12.9. The SMILES string of the molecule is C[C@]12C[C@H](N3CCOCC3)[C@H](O)C[C@@H]1CC[C@@H]1[C@@H]2CC[C@]2(C)[C@@H](O)[C@@H](N3CCCC3)C[C@@H]12. The number of aliphatic hydroxyl groups is 2. The van der Waals surface area contributed by atoms with Crippen LogP contribution in [0.4, 0.5) is 0 Å². The van der Waals surface area contributed by atoms with Crippen molar-refractivity contribution in [3.8, 4) is 0 Å². The van der Waals surface area contributed by atoms with Crippen LogP contribution in [0.5, 0.6) is 0 Å². The molecular weight excluding hydrogens is 400 g/mol. The van der Waals surface area contributed by atoms with Crippen LogP contribution in [0.3, 0.4) is 0 Å². The average Bonchev–Trinajstić information content (AvgIpc) is 3.41. The number of fused-ring (bicyclic) bond motifs is 5. The van der Waals surface area contributed by atoms with Crippen molar-refractivity contribution in [2.24, 2.45) is 34.5 Å². The Balaban J connectivity index is 1.25. The Kier molecular flexibility index (Phi) is 5.70. The predicted octanol–water partition coefficient (Wildman–Crippen LogP) is 3.14. The highest BCUT2D eigenvalue weighted by Gasteiger charge is 2.63. The van der Waals surface area contributed by atoms with Crippen LogP contribution in [0.15, 0.2) is 0 Å². The van der Waals surface area contributed by atoms with Crippen molar-refractivity contribution < 1.29 is 14.9 Å². The van der Waals surface area contributed by atoms with E-state index in [1.54, 1.807) is 0 Å². The van der Waals surface area contributed by atoms with Gasteiger partial charge in [0.2, 0.25) is 0 Å². The van der Waals surface area contributed by atoms with Crippen LogP contribution in [-0.4, -0.2) is 83.7 Å². The molecule has 5 nitrogen and oxygen atoms in total. The minimum absolute atomic E-state index is 0.107. The highest BCUT2D eigenvalue weighted by atomic mass is 16.5. The second-order valence-electron chi connectivity index (χ2n) is 12.9. The second kappa shape index (κ2) is 8.19. The smallest absolute Gasteiger partial charge is 0.0751 e. The van der Waals surface area contributed by atoms with Gasteiger partial charge in [0.15, 0.2) is 0 Å². The summed E-state index contributed by atoms with van der Waals surface area (Å²) >= 11 is 0. The molecule has 4 aliphatic carbocycles. The molecule has 2 heterocycles. The molecule has 0 radical (unpaired) electrons. The number of rotatable bonds is 2. The summed E-state index contributed by atoms with van der Waals surface area (Å²) in [4.78, 5) is 5.16. The number of nitrogens with zero attached hydrogens (tertiary/aromatic N) is 2. The lowest BCUT2D eigenvalue weighted by Gasteiger charge is -2.62. The Hall–Kier alpha value is -0.200. The molecule has 0 aromatic heterocycles. The van der Waals surface area contributed by atoms with Gasteiger partial charge in [-0.1, -0.05) is 13.8 Å². The third-order valence-corrected chi connectivity index (χ3v) is 11.8. The fourth-order valence-corrected chi connectivity index (χ4v) is 9.97. The van der Waals surface area contributed by atoms with Crippen molar-refractivity contribution >= 4 is 0 Å². The summed E-state index contributed by atoms with van der Waals surface area (Å²) in [7, 11) is 0. The van der Waals surface area contributed by atoms with E-state index < -0.39 is 0 Å². The molecule has 10 atom stereocenters. The van der Waals surface area contributed by atoms with Crippen LogP contribution in [0.25, 0.3) is 0 Å². The molecule has 0 aromatic carbocycles. The van der Waals surface area contributed by atoms with Crippen molar-refractivity contribution in [1.29, 1.82) is 0 Å². The maximum absolute atomic E-state index is 11.5. The zero-order chi connectivity index (χ0) is 22.1. The lowest BCUT2D eigenvalue weighted by atomic mass is 9.44. The van der Waals surface area contributed by atoms with Crippen LogP contribution >= 0.6 is 0 Å². The first-order valence-electron chi connectivity index (χ1n) is 13.8. The zero-order valence-electron chi connectivity index (χ0n) is 20.4. The highest BCUT2D eigenvalue weighted by Crippen LogP contribution is 2.66. The van der Waals surface area contributed by atoms with E-state index in [4.69, 9.17) is 4.74 Å². The Bertz CT molecular complexity index is 692. The molecule has 2 aliphatic heterocycles. The Morgan fingerprint density at radius 1 is 0.781 bits per heavy atom. The molecule has 0 amide bonds. The van der Waals surface area contributed by atoms with Crippen molar-refractivity contribution in [2.45, 2.75) is 95.9 Å². The molecule has 5 heteroatoms. The first-order valence-corrected chi connectivity index (χ1v) is 13.8. The van der Waals surface area contributed by atoms with Gasteiger partial charge in [-0.2, -0.15) is 0 Å². The molecule has 0 aromatic rings. The third-order valence-electron chi connectivity index (χ3n) is 11.8. The van der Waals surface area contributed by atoms with E-state index >= 15 is 0 Å². The Morgan fingerprint density at radius 3 is 2.25 bits per heavy atom. The van der Waals surface area contributed by atoms with Crippen LogP contribution < -0.4 is 0 Å². The molecule has 182 valence electrons. The summed E-state index contributed by atoms with van der Waals surface area (Å²) in [5.41, 5.74) is 0.443. The molecule has 2 saturated heterocycles. The largest absolute Gasteiger partial charge is 0.391 e. The maximum atomic E-state index is 11.5. The summed E-state index contributed by atoms with van der Waals surface area (Å²) < 4.78 is 5.61. The molecule has 2 N–H and O–H groups in total. The normalized spacial score (nSPS) is 54.8. The number of likely N-dealkylation sites (tertiary alicyclic amines) is 1. The van der Waals surface area contributed by atoms with Crippen molar-refractivity contribution in [3.63, 3.8) is 0 Å². The number of hydrogen-bond donors (Lipinski definition) is 2. The van der Waals surface area contributed by atoms with E-state index in [-0.39, 0.29) is 17.6 Å². The maximum Gasteiger partial charge on any atom is 0.0751 e. The number of hydrogen-bond acceptors (Lipinski definition) is 5. The zero-order valence-corrected chi connectivity index (χ0v) is 20.4. The van der Waals surface area contributed by atoms with E-state index in [1.807, 2.05) is 0 Å². The molecular formula is C27H46N2O3. The Labute approximate surface area is 194 Å². The highest BCUT2D eigenvalue weighted by molar-refractivity contribution is 5.14. The van der Waals surface area contributed by atoms with Gasteiger partial charge in [-0.15, -0.1) is 0 Å². The monoisotopic (exact) mass is 446 g/mol. The topological polar surface area (TPSA) is 56.2 Å². The molecule has 0 bridgehead atoms. The molecule has 6 fully saturated rings. The van der Waals surface area contributed by atoms with Gasteiger partial charge in [-0.25, -0.2) is 0 Å². The fourth-order valence-electron chi connectivity index (χ4n) is 9.97. The standard InChI is InChI=1S/C27H46N2O3/c1-26-8-7-20-19(21(26)16-22(25(26)31)28-9-3-4-10-28)6-5-18-15-24(30)23(17-27(18,20)2)29-11-13-32-14-12-29/h18-25,30-31H,3-17H2,1-2H3/t18-,19+,20-,21-,22-,23-,24+,25-,26-,27-/m0/s1.